The molecule has 0 amide bonds. The Bertz CT molecular complexity index is 4730. The van der Waals surface area contributed by atoms with Crippen molar-refractivity contribution in [3.63, 3.8) is 0 Å². The number of aromatic hydroxyl groups is 4. The van der Waals surface area contributed by atoms with E-state index in [1.165, 1.54) is 49.6 Å². The lowest BCUT2D eigenvalue weighted by atomic mass is 9.78. The number of hydrogen-bond donors (Lipinski definition) is 4. The fourth-order valence-electron chi connectivity index (χ4n) is 10.1. The molecule has 0 aliphatic rings. The first kappa shape index (κ1) is 77.6. The summed E-state index contributed by atoms with van der Waals surface area (Å²) in [4.78, 5) is 96.4. The Kier molecular flexibility index (Phi) is 28.0. The van der Waals surface area contributed by atoms with Gasteiger partial charge in [-0.2, -0.15) is 0 Å². The van der Waals surface area contributed by atoms with Gasteiger partial charge in [0.05, 0.1) is 29.4 Å². The third-order valence-electron chi connectivity index (χ3n) is 16.3. The number of esters is 4. The van der Waals surface area contributed by atoms with Gasteiger partial charge in [-0.3, -0.25) is 19.2 Å². The van der Waals surface area contributed by atoms with Crippen LogP contribution in [0.3, 0.4) is 0 Å². The van der Waals surface area contributed by atoms with Gasteiger partial charge in [-0.1, -0.05) is 161 Å². The molecule has 0 saturated heterocycles. The molecular weight excluding hydrogens is 1360 g/mol. The second-order valence-corrected chi connectivity index (χ2v) is 25.0. The highest BCUT2D eigenvalue weighted by molar-refractivity contribution is 6.75. The molecule has 4 N–H and O–H groups in total. The third-order valence-corrected chi connectivity index (χ3v) is 16.7. The summed E-state index contributed by atoms with van der Waals surface area (Å²) in [5.41, 5.74) is 8.78. The number of Topliss-reactive ketones (excluding diaryl/α,β-unsaturated/α-hetero) is 2. The second kappa shape index (κ2) is 37.5. The van der Waals surface area contributed by atoms with Gasteiger partial charge >= 0.3 is 23.9 Å². The minimum Gasteiger partial charge on any atom is -0.508 e. The van der Waals surface area contributed by atoms with Gasteiger partial charge in [0.15, 0.2) is 11.6 Å². The van der Waals surface area contributed by atoms with Crippen molar-refractivity contribution in [2.75, 3.05) is 7.11 Å². The van der Waals surface area contributed by atoms with Crippen LogP contribution >= 0.6 is 23.2 Å². The number of phenols is 4. The summed E-state index contributed by atoms with van der Waals surface area (Å²) < 4.78 is 27.3. The van der Waals surface area contributed by atoms with Gasteiger partial charge in [0.25, 0.3) is 10.5 Å². The average molecular weight is 1430 g/mol. The van der Waals surface area contributed by atoms with Crippen molar-refractivity contribution in [2.24, 2.45) is 0 Å². The van der Waals surface area contributed by atoms with Gasteiger partial charge in [0.2, 0.25) is 0 Å². The number of aryl methyl sites for hydroxylation is 1. The lowest BCUT2D eigenvalue weighted by Gasteiger charge is -2.26. The molecular formula is C84H71B2Cl2O16. The smallest absolute Gasteiger partial charge is 0.343 e. The first-order valence-corrected chi connectivity index (χ1v) is 32.8. The summed E-state index contributed by atoms with van der Waals surface area (Å²) in [6.07, 6.45) is 0.501. The number of phenolic OH excluding ortho intramolecular Hbond substituents is 4. The van der Waals surface area contributed by atoms with Crippen molar-refractivity contribution < 1.29 is 77.7 Å². The Morgan fingerprint density at radius 3 is 0.913 bits per heavy atom. The van der Waals surface area contributed by atoms with Gasteiger partial charge in [-0.05, 0) is 204 Å². The zero-order valence-electron chi connectivity index (χ0n) is 58.4. The van der Waals surface area contributed by atoms with Crippen LogP contribution < -0.4 is 14.2 Å². The van der Waals surface area contributed by atoms with Crippen LogP contribution in [0, 0.1) is 6.92 Å². The molecule has 11 aromatic carbocycles. The molecule has 0 bridgehead atoms. The van der Waals surface area contributed by atoms with E-state index in [2.05, 4.69) is 21.6 Å². The molecule has 0 aliphatic heterocycles. The van der Waals surface area contributed by atoms with E-state index in [1.54, 1.807) is 164 Å². The van der Waals surface area contributed by atoms with E-state index in [9.17, 15) is 48.6 Å². The molecule has 20 heteroatoms. The number of hydrogen-bond acceptors (Lipinski definition) is 16. The van der Waals surface area contributed by atoms with Crippen molar-refractivity contribution in [2.45, 2.75) is 58.3 Å². The topological polar surface area (TPSA) is 254 Å². The maximum atomic E-state index is 13.1. The van der Waals surface area contributed by atoms with Crippen LogP contribution in [0.15, 0.2) is 267 Å². The molecule has 3 radical (unpaired) electrons. The summed E-state index contributed by atoms with van der Waals surface area (Å²) in [5, 5.41) is 35.6. The molecule has 0 aromatic heterocycles. The summed E-state index contributed by atoms with van der Waals surface area (Å²) in [6, 6.07) is 73.7. The van der Waals surface area contributed by atoms with Crippen LogP contribution in [-0.2, 0) is 28.4 Å². The largest absolute Gasteiger partial charge is 0.508 e. The number of carbonyl (C=O) groups is 8. The second-order valence-electron chi connectivity index (χ2n) is 24.3. The Balaban J connectivity index is 0.000000250. The summed E-state index contributed by atoms with van der Waals surface area (Å²) in [6.45, 7) is 10.3. The number of halogens is 2. The Hall–Kier alpha value is -12.1. The lowest BCUT2D eigenvalue weighted by Crippen LogP contribution is -2.19. The highest BCUT2D eigenvalue weighted by Gasteiger charge is 2.26. The predicted molar refractivity (Wildman–Crippen MR) is 402 cm³/mol. The van der Waals surface area contributed by atoms with E-state index in [4.69, 9.17) is 53.7 Å². The Morgan fingerprint density at radius 1 is 0.365 bits per heavy atom. The SMILES string of the molecule is CC(C)(c1ccc(O)cc1)c1ccc(O)cc1.COC(=O)c1cccc(C(=O)Oc2ccc(C(C)(C)c3ccc(OC(=O)c4cccc(C(=O)Oc5ccc(CC(=O)c6ccc(C)cc6)cc5)c4)cc3)cc2)c1.O=C(Cc1ccc(O)cc1)c1ccc(O)cc1.O=C(Cl)c1cccc(C(=O)Cl)c1.[2H][B][B]. The first-order valence-electron chi connectivity index (χ1n) is 32.6. The van der Waals surface area contributed by atoms with Crippen molar-refractivity contribution in [3.8, 4) is 40.2 Å². The van der Waals surface area contributed by atoms with Crippen molar-refractivity contribution in [1.29, 1.82) is 1.34 Å². The zero-order valence-corrected chi connectivity index (χ0v) is 58.9. The minimum atomic E-state index is -0.647. The molecule has 16 nitrogen and oxygen atoms in total. The maximum absolute atomic E-state index is 13.1. The first-order chi connectivity index (χ1) is 50.1. The minimum absolute atomic E-state index is 0.00780. The summed E-state index contributed by atoms with van der Waals surface area (Å²) >= 11 is 10.4. The molecule has 0 fully saturated rings. The maximum Gasteiger partial charge on any atom is 0.343 e. The molecule has 0 spiro atoms. The monoisotopic (exact) mass is 1430 g/mol. The van der Waals surface area contributed by atoms with Crippen LogP contribution in [0.4, 0.5) is 0 Å². The van der Waals surface area contributed by atoms with Crippen molar-refractivity contribution in [3.05, 3.63) is 350 Å². The van der Waals surface area contributed by atoms with Crippen LogP contribution in [0.2, 0.25) is 0 Å². The van der Waals surface area contributed by atoms with Crippen LogP contribution in [0.5, 0.6) is 40.2 Å². The Labute approximate surface area is 616 Å². The molecule has 0 unspecified atom stereocenters. The van der Waals surface area contributed by atoms with Crippen molar-refractivity contribution >= 4 is 84.6 Å². The van der Waals surface area contributed by atoms with Crippen LogP contribution in [0.1, 0.15) is 150 Å². The van der Waals surface area contributed by atoms with Gasteiger partial charge < -0.3 is 39.4 Å². The predicted octanol–water partition coefficient (Wildman–Crippen LogP) is 16.6. The number of benzene rings is 11. The molecule has 523 valence electrons. The Morgan fingerprint density at radius 2 is 0.606 bits per heavy atom. The molecule has 0 atom stereocenters. The number of ketones is 2. The quantitative estimate of drug-likeness (QED) is 0.0193. The number of methoxy groups -OCH3 is 1. The molecule has 0 heterocycles. The van der Waals surface area contributed by atoms with Gasteiger partial charge in [0.1, 0.15) is 40.2 Å². The highest BCUT2D eigenvalue weighted by atomic mass is 35.5. The number of carbonyl (C=O) groups excluding carboxylic acids is 8. The highest BCUT2D eigenvalue weighted by Crippen LogP contribution is 2.35. The van der Waals surface area contributed by atoms with E-state index >= 15 is 0 Å². The van der Waals surface area contributed by atoms with Crippen LogP contribution in [0.25, 0.3) is 0 Å². The third kappa shape index (κ3) is 23.0. The van der Waals surface area contributed by atoms with Gasteiger partial charge in [-0.25, -0.2) is 19.2 Å². The van der Waals surface area contributed by atoms with Gasteiger partial charge in [-0.15, -0.1) is 0 Å². The van der Waals surface area contributed by atoms with Crippen LogP contribution in [-0.4, -0.2) is 90.2 Å². The molecule has 104 heavy (non-hydrogen) atoms. The fourth-order valence-corrected chi connectivity index (χ4v) is 10.4. The number of rotatable bonds is 19. The molecule has 0 saturated carbocycles. The normalized spacial score (nSPS) is 10.6. The van der Waals surface area contributed by atoms with E-state index < -0.39 is 39.8 Å². The zero-order chi connectivity index (χ0) is 76.4. The summed E-state index contributed by atoms with van der Waals surface area (Å²) in [7, 11) is 6.41. The standard InChI is InChI=1S/C47H38O9.C15H16O2.C14H12O3.C8H4Cl2O2.B2H/c1-30-11-15-32(16-12-30)42(48)27-31-13-21-39(22-14-31)54-45(51)35-9-6-10-36(29-35)46(52)56-41-25-19-38(20-26-41)47(2,3)37-17-23-40(24-18-37)55-44(50)34-8-5-7-33(28-34)43(49)53-4;1-15(2,11-3-7-13(16)8-4-11)12-5-9-14(17)10-6-12;15-12-5-1-10(2-6-12)9-14(17)11-3-7-13(16)8-4-11;9-7(11)5-2-1-3-6(4-5)8(10)12;1-2/h5-26,28-29H,27H2,1-4H3;3-10,16-17H,1-2H3;1-8,15-16H,9H2;1-4H;1H/i;;;;1D. The van der Waals surface area contributed by atoms with Gasteiger partial charge in [0, 0.05) is 61.4 Å². The molecule has 11 rings (SSSR count). The van der Waals surface area contributed by atoms with E-state index in [1.807, 2.05) is 81.4 Å². The summed E-state index contributed by atoms with van der Waals surface area (Å²) in [5.74, 6) is -0.625. The number of ether oxygens (including phenoxy) is 4. The molecule has 11 aromatic rings. The average Bonchev–Trinajstić information content (AvgIpc) is 0.791. The molecule has 0 aliphatic carbocycles. The fraction of sp³-hybridized carbons (Fsp3) is 0.119. The van der Waals surface area contributed by atoms with Crippen molar-refractivity contribution in [1.82, 2.24) is 0 Å². The van der Waals surface area contributed by atoms with E-state index in [0.29, 0.717) is 28.4 Å². The van der Waals surface area contributed by atoms with E-state index in [0.717, 1.165) is 46.6 Å². The lowest BCUT2D eigenvalue weighted by molar-refractivity contribution is 0.0599. The van der Waals surface area contributed by atoms with E-state index in [-0.39, 0.29) is 86.2 Å².